The summed E-state index contributed by atoms with van der Waals surface area (Å²) in [4.78, 5) is 35.9. The minimum atomic E-state index is -0.761. The molecule has 0 radical (unpaired) electrons. The van der Waals surface area contributed by atoms with Gasteiger partial charge in [0.15, 0.2) is 6.10 Å². The van der Waals surface area contributed by atoms with Crippen molar-refractivity contribution in [3.63, 3.8) is 0 Å². The fraction of sp³-hybridized carbons (Fsp3) is 0.125. The average Bonchev–Trinajstić information content (AvgIpc) is 2.76. The second-order valence-corrected chi connectivity index (χ2v) is 6.90. The summed E-state index contributed by atoms with van der Waals surface area (Å²) in [5.74, 6) is -0.335. The van der Waals surface area contributed by atoms with Crippen LogP contribution in [0.3, 0.4) is 0 Å². The number of ether oxygens (including phenoxy) is 2. The van der Waals surface area contributed by atoms with Crippen molar-refractivity contribution in [3.8, 4) is 17.2 Å². The van der Waals surface area contributed by atoms with Crippen molar-refractivity contribution >= 4 is 29.2 Å². The van der Waals surface area contributed by atoms with Gasteiger partial charge < -0.3 is 25.2 Å². The highest BCUT2D eigenvalue weighted by Gasteiger charge is 2.15. The minimum Gasteiger partial charge on any atom is -0.508 e. The van der Waals surface area contributed by atoms with Crippen LogP contribution in [0.2, 0.25) is 0 Å². The molecule has 8 nitrogen and oxygen atoms in total. The summed E-state index contributed by atoms with van der Waals surface area (Å²) in [6.07, 6.45) is -0.761. The van der Waals surface area contributed by atoms with Crippen molar-refractivity contribution in [2.75, 3.05) is 10.6 Å². The number of aromatic hydroxyl groups is 1. The van der Waals surface area contributed by atoms with Crippen LogP contribution in [0.25, 0.3) is 0 Å². The van der Waals surface area contributed by atoms with Crippen LogP contribution >= 0.6 is 0 Å². The summed E-state index contributed by atoms with van der Waals surface area (Å²) in [6, 6.07) is 19.0. The van der Waals surface area contributed by atoms with Crippen molar-refractivity contribution in [1.82, 2.24) is 0 Å². The Kier molecular flexibility index (Phi) is 7.07. The third-order valence-corrected chi connectivity index (χ3v) is 4.29. The maximum atomic E-state index is 12.4. The fourth-order valence-electron chi connectivity index (χ4n) is 2.73. The van der Waals surface area contributed by atoms with E-state index in [9.17, 15) is 19.5 Å². The first kappa shape index (κ1) is 22.4. The molecule has 8 heteroatoms. The predicted molar refractivity (Wildman–Crippen MR) is 119 cm³/mol. The van der Waals surface area contributed by atoms with E-state index in [4.69, 9.17) is 9.47 Å². The number of phenolic OH excluding ortho intramolecular Hbond substituents is 1. The van der Waals surface area contributed by atoms with Crippen LogP contribution < -0.4 is 20.1 Å². The third-order valence-electron chi connectivity index (χ3n) is 4.29. The molecule has 0 aliphatic carbocycles. The molecular formula is C24H22N2O6. The second kappa shape index (κ2) is 10.1. The van der Waals surface area contributed by atoms with E-state index in [0.717, 1.165) is 0 Å². The third kappa shape index (κ3) is 6.33. The first-order valence-electron chi connectivity index (χ1n) is 9.76. The Hall–Kier alpha value is -4.33. The topological polar surface area (TPSA) is 114 Å². The Balaban J connectivity index is 1.56. The molecule has 3 aromatic rings. The number of phenols is 1. The maximum absolute atomic E-state index is 12.4. The largest absolute Gasteiger partial charge is 0.508 e. The van der Waals surface area contributed by atoms with Crippen molar-refractivity contribution in [2.45, 2.75) is 20.0 Å². The molecule has 0 fully saturated rings. The predicted octanol–water partition coefficient (Wildman–Crippen LogP) is 3.98. The zero-order valence-corrected chi connectivity index (χ0v) is 17.5. The van der Waals surface area contributed by atoms with Gasteiger partial charge in [-0.1, -0.05) is 6.07 Å². The second-order valence-electron chi connectivity index (χ2n) is 6.90. The van der Waals surface area contributed by atoms with E-state index in [-0.39, 0.29) is 23.3 Å². The smallest absolute Gasteiger partial charge is 0.308 e. The summed E-state index contributed by atoms with van der Waals surface area (Å²) in [6.45, 7) is 2.90. The van der Waals surface area contributed by atoms with Crippen molar-refractivity contribution in [3.05, 3.63) is 78.4 Å². The molecule has 0 aliphatic rings. The molecule has 1 atom stereocenters. The van der Waals surface area contributed by atoms with E-state index >= 15 is 0 Å². The molecule has 1 unspecified atom stereocenters. The van der Waals surface area contributed by atoms with Gasteiger partial charge in [0.1, 0.15) is 17.2 Å². The SMILES string of the molecule is CC(=O)Oc1cccc(C(=O)Nc2ccc(NC(=O)C(C)Oc3ccc(O)cc3)cc2)c1. The molecule has 0 saturated heterocycles. The van der Waals surface area contributed by atoms with E-state index < -0.39 is 12.1 Å². The number of nitrogens with one attached hydrogen (secondary N) is 2. The molecule has 3 rings (SSSR count). The van der Waals surface area contributed by atoms with Crippen LogP contribution in [-0.2, 0) is 9.59 Å². The Labute approximate surface area is 184 Å². The van der Waals surface area contributed by atoms with E-state index in [2.05, 4.69) is 10.6 Å². The molecular weight excluding hydrogens is 412 g/mol. The van der Waals surface area contributed by atoms with Crippen LogP contribution in [0.5, 0.6) is 17.2 Å². The molecule has 164 valence electrons. The lowest BCUT2D eigenvalue weighted by Gasteiger charge is -2.15. The van der Waals surface area contributed by atoms with Gasteiger partial charge in [-0.2, -0.15) is 0 Å². The number of amides is 2. The van der Waals surface area contributed by atoms with Gasteiger partial charge in [0, 0.05) is 23.9 Å². The summed E-state index contributed by atoms with van der Waals surface area (Å²) in [7, 11) is 0. The lowest BCUT2D eigenvalue weighted by molar-refractivity contribution is -0.131. The molecule has 3 N–H and O–H groups in total. The number of hydrogen-bond donors (Lipinski definition) is 3. The summed E-state index contributed by atoms with van der Waals surface area (Å²) >= 11 is 0. The van der Waals surface area contributed by atoms with Gasteiger partial charge in [-0.05, 0) is 73.7 Å². The minimum absolute atomic E-state index is 0.110. The Morgan fingerprint density at radius 2 is 1.47 bits per heavy atom. The number of rotatable bonds is 7. The number of hydrogen-bond acceptors (Lipinski definition) is 6. The summed E-state index contributed by atoms with van der Waals surface area (Å²) < 4.78 is 10.5. The zero-order valence-electron chi connectivity index (χ0n) is 17.5. The van der Waals surface area contributed by atoms with Crippen LogP contribution in [0.1, 0.15) is 24.2 Å². The highest BCUT2D eigenvalue weighted by Crippen LogP contribution is 2.19. The van der Waals surface area contributed by atoms with Gasteiger partial charge in [-0.15, -0.1) is 0 Å². The highest BCUT2D eigenvalue weighted by atomic mass is 16.5. The number of carbonyl (C=O) groups excluding carboxylic acids is 3. The van der Waals surface area contributed by atoms with Gasteiger partial charge in [0.05, 0.1) is 0 Å². The van der Waals surface area contributed by atoms with Gasteiger partial charge in [0.2, 0.25) is 0 Å². The highest BCUT2D eigenvalue weighted by molar-refractivity contribution is 6.04. The summed E-state index contributed by atoms with van der Waals surface area (Å²) in [5.41, 5.74) is 1.40. The number of benzene rings is 3. The standard InChI is InChI=1S/C24H22N2O6/c1-15(31-21-12-10-20(28)11-13-21)23(29)25-18-6-8-19(9-7-18)26-24(30)17-4-3-5-22(14-17)32-16(2)27/h3-15,28H,1-2H3,(H,25,29)(H,26,30). The Morgan fingerprint density at radius 1 is 0.844 bits per heavy atom. The number of esters is 1. The Morgan fingerprint density at radius 3 is 2.09 bits per heavy atom. The summed E-state index contributed by atoms with van der Waals surface area (Å²) in [5, 5.41) is 14.8. The van der Waals surface area contributed by atoms with Crippen LogP contribution in [0.4, 0.5) is 11.4 Å². The van der Waals surface area contributed by atoms with Crippen molar-refractivity contribution in [2.24, 2.45) is 0 Å². The number of anilines is 2. The van der Waals surface area contributed by atoms with Crippen molar-refractivity contribution in [1.29, 1.82) is 0 Å². The fourth-order valence-corrected chi connectivity index (χ4v) is 2.73. The van der Waals surface area contributed by atoms with E-state index in [1.54, 1.807) is 61.5 Å². The van der Waals surface area contributed by atoms with Crippen LogP contribution in [0, 0.1) is 0 Å². The molecule has 32 heavy (non-hydrogen) atoms. The van der Waals surface area contributed by atoms with Crippen LogP contribution in [0.15, 0.2) is 72.8 Å². The van der Waals surface area contributed by atoms with Crippen LogP contribution in [-0.4, -0.2) is 29.0 Å². The monoisotopic (exact) mass is 434 g/mol. The molecule has 0 spiro atoms. The van der Waals surface area contributed by atoms with E-state index in [1.807, 2.05) is 0 Å². The van der Waals surface area contributed by atoms with Crippen molar-refractivity contribution < 1.29 is 29.0 Å². The van der Waals surface area contributed by atoms with Gasteiger partial charge in [-0.3, -0.25) is 14.4 Å². The first-order valence-corrected chi connectivity index (χ1v) is 9.76. The normalized spacial score (nSPS) is 11.2. The van der Waals surface area contributed by atoms with E-state index in [0.29, 0.717) is 22.7 Å². The quantitative estimate of drug-likeness (QED) is 0.383. The molecule has 0 aromatic heterocycles. The zero-order chi connectivity index (χ0) is 23.1. The van der Waals surface area contributed by atoms with E-state index in [1.165, 1.54) is 25.1 Å². The molecule has 0 bridgehead atoms. The number of carbonyl (C=O) groups is 3. The Bertz CT molecular complexity index is 1110. The molecule has 0 heterocycles. The lowest BCUT2D eigenvalue weighted by atomic mass is 10.2. The van der Waals surface area contributed by atoms with Gasteiger partial charge in [-0.25, -0.2) is 0 Å². The first-order chi connectivity index (χ1) is 15.3. The average molecular weight is 434 g/mol. The lowest BCUT2D eigenvalue weighted by Crippen LogP contribution is -2.30. The maximum Gasteiger partial charge on any atom is 0.308 e. The molecule has 3 aromatic carbocycles. The molecule has 0 saturated carbocycles. The van der Waals surface area contributed by atoms with Gasteiger partial charge in [0.25, 0.3) is 11.8 Å². The van der Waals surface area contributed by atoms with Gasteiger partial charge >= 0.3 is 5.97 Å². The molecule has 2 amide bonds. The molecule has 0 aliphatic heterocycles.